The Balaban J connectivity index is 2.52. The number of nitrogens with one attached hydrogen (secondary N) is 2. The number of nitro groups is 1. The number of likely N-dealkylation sites (N-methyl/N-ethyl adjacent to an activating group) is 1. The Morgan fingerprint density at radius 1 is 1.41 bits per heavy atom. The number of rotatable bonds is 6. The maximum absolute atomic E-state index is 11.1. The number of carbonyl (C=O) groups excluding carboxylic acids is 1. The third kappa shape index (κ3) is 4.20. The number of nitrogens with zero attached hydrogens (tertiary/aromatic N) is 1. The average Bonchev–Trinajstić information content (AvgIpc) is 2.30. The fourth-order valence-corrected chi connectivity index (χ4v) is 1.46. The molecular weight excluding hydrogens is 222 g/mol. The summed E-state index contributed by atoms with van der Waals surface area (Å²) in [5.74, 6) is -0.119. The van der Waals surface area contributed by atoms with Crippen LogP contribution in [0.1, 0.15) is 5.56 Å². The van der Waals surface area contributed by atoms with Crippen molar-refractivity contribution in [3.63, 3.8) is 0 Å². The van der Waals surface area contributed by atoms with Crippen LogP contribution >= 0.6 is 0 Å². The van der Waals surface area contributed by atoms with Gasteiger partial charge in [0.05, 0.1) is 11.5 Å². The molecule has 0 radical (unpaired) electrons. The second kappa shape index (κ2) is 6.59. The van der Waals surface area contributed by atoms with Gasteiger partial charge < -0.3 is 10.6 Å². The van der Waals surface area contributed by atoms with Crippen molar-refractivity contribution in [2.45, 2.75) is 6.42 Å². The predicted molar refractivity (Wildman–Crippen MR) is 63.7 cm³/mol. The summed E-state index contributed by atoms with van der Waals surface area (Å²) in [6.45, 7) is 0.641. The summed E-state index contributed by atoms with van der Waals surface area (Å²) < 4.78 is 0. The van der Waals surface area contributed by atoms with Gasteiger partial charge in [-0.2, -0.15) is 0 Å². The highest BCUT2D eigenvalue weighted by molar-refractivity contribution is 5.77. The molecule has 0 saturated heterocycles. The Morgan fingerprint density at radius 2 is 2.12 bits per heavy atom. The average molecular weight is 237 g/mol. The molecule has 0 unspecified atom stereocenters. The van der Waals surface area contributed by atoms with E-state index in [0.29, 0.717) is 18.5 Å². The third-order valence-corrected chi connectivity index (χ3v) is 2.24. The molecular formula is C11H15N3O3. The van der Waals surface area contributed by atoms with E-state index < -0.39 is 4.92 Å². The van der Waals surface area contributed by atoms with Crippen molar-refractivity contribution < 1.29 is 9.72 Å². The van der Waals surface area contributed by atoms with E-state index >= 15 is 0 Å². The van der Waals surface area contributed by atoms with Crippen LogP contribution in [0.2, 0.25) is 0 Å². The lowest BCUT2D eigenvalue weighted by molar-refractivity contribution is -0.385. The van der Waals surface area contributed by atoms with Crippen LogP contribution in [0, 0.1) is 10.1 Å². The van der Waals surface area contributed by atoms with Crippen molar-refractivity contribution in [2.75, 3.05) is 20.1 Å². The van der Waals surface area contributed by atoms with Crippen molar-refractivity contribution >= 4 is 11.6 Å². The quantitative estimate of drug-likeness (QED) is 0.556. The fourth-order valence-electron chi connectivity index (χ4n) is 1.46. The molecule has 0 fully saturated rings. The number of para-hydroxylation sites is 1. The Hall–Kier alpha value is -1.95. The van der Waals surface area contributed by atoms with Crippen LogP contribution in [-0.2, 0) is 11.2 Å². The molecule has 0 aliphatic heterocycles. The number of hydrogen-bond acceptors (Lipinski definition) is 4. The maximum Gasteiger partial charge on any atom is 0.272 e. The molecule has 6 nitrogen and oxygen atoms in total. The number of carbonyl (C=O) groups is 1. The molecule has 6 heteroatoms. The van der Waals surface area contributed by atoms with Crippen molar-refractivity contribution in [3.05, 3.63) is 39.9 Å². The van der Waals surface area contributed by atoms with Gasteiger partial charge in [-0.05, 0) is 13.5 Å². The number of benzene rings is 1. The van der Waals surface area contributed by atoms with E-state index in [2.05, 4.69) is 10.6 Å². The molecule has 1 amide bonds. The Kier molecular flexibility index (Phi) is 5.09. The van der Waals surface area contributed by atoms with Gasteiger partial charge in [-0.1, -0.05) is 18.2 Å². The molecule has 17 heavy (non-hydrogen) atoms. The van der Waals surface area contributed by atoms with Crippen molar-refractivity contribution in [3.8, 4) is 0 Å². The first-order valence-electron chi connectivity index (χ1n) is 5.28. The normalized spacial score (nSPS) is 9.94. The molecule has 2 N–H and O–H groups in total. The molecule has 0 aromatic heterocycles. The highest BCUT2D eigenvalue weighted by Gasteiger charge is 2.11. The number of nitro benzene ring substituents is 1. The Labute approximate surface area is 99.2 Å². The second-order valence-corrected chi connectivity index (χ2v) is 3.52. The lowest BCUT2D eigenvalue weighted by atomic mass is 10.1. The molecule has 1 aromatic carbocycles. The van der Waals surface area contributed by atoms with Crippen molar-refractivity contribution in [2.24, 2.45) is 0 Å². The highest BCUT2D eigenvalue weighted by Crippen LogP contribution is 2.17. The van der Waals surface area contributed by atoms with Gasteiger partial charge in [0, 0.05) is 18.2 Å². The first-order chi connectivity index (χ1) is 8.15. The Bertz CT molecular complexity index is 407. The summed E-state index contributed by atoms with van der Waals surface area (Å²) in [6.07, 6.45) is 0.451. The summed E-state index contributed by atoms with van der Waals surface area (Å²) in [5, 5.41) is 16.1. The predicted octanol–water partition coefficient (Wildman–Crippen LogP) is 0.473. The second-order valence-electron chi connectivity index (χ2n) is 3.52. The summed E-state index contributed by atoms with van der Waals surface area (Å²) in [4.78, 5) is 21.5. The van der Waals surface area contributed by atoms with Gasteiger partial charge in [-0.3, -0.25) is 14.9 Å². The van der Waals surface area contributed by atoms with Gasteiger partial charge in [0.2, 0.25) is 5.91 Å². The minimum atomic E-state index is -0.412. The van der Waals surface area contributed by atoms with Crippen LogP contribution in [0.25, 0.3) is 0 Å². The molecule has 1 aromatic rings. The first kappa shape index (κ1) is 13.1. The van der Waals surface area contributed by atoms with Crippen LogP contribution in [0.4, 0.5) is 5.69 Å². The van der Waals surface area contributed by atoms with Crippen LogP contribution in [0.5, 0.6) is 0 Å². The third-order valence-electron chi connectivity index (χ3n) is 2.24. The van der Waals surface area contributed by atoms with Crippen molar-refractivity contribution in [1.29, 1.82) is 0 Å². The lowest BCUT2D eigenvalue weighted by Gasteiger charge is -2.05. The fraction of sp³-hybridized carbons (Fsp3) is 0.364. The molecule has 0 aliphatic carbocycles. The summed E-state index contributed by atoms with van der Waals surface area (Å²) in [7, 11) is 1.68. The van der Waals surface area contributed by atoms with E-state index in [1.807, 2.05) is 0 Å². The standard InChI is InChI=1S/C11H15N3O3/c1-12-8-11(15)13-7-6-9-4-2-3-5-10(9)14(16)17/h2-5,12H,6-8H2,1H3,(H,13,15). The summed E-state index contributed by atoms with van der Waals surface area (Å²) in [6, 6.07) is 6.53. The smallest absolute Gasteiger partial charge is 0.272 e. The van der Waals surface area contributed by atoms with E-state index in [0.717, 1.165) is 0 Å². The van der Waals surface area contributed by atoms with E-state index in [-0.39, 0.29) is 18.1 Å². The molecule has 1 rings (SSSR count). The SMILES string of the molecule is CNCC(=O)NCCc1ccccc1[N+](=O)[O-]. The minimum absolute atomic E-state index is 0.0929. The Morgan fingerprint density at radius 3 is 2.76 bits per heavy atom. The van der Waals surface area contributed by atoms with Gasteiger partial charge in [0.1, 0.15) is 0 Å². The first-order valence-corrected chi connectivity index (χ1v) is 5.28. The summed E-state index contributed by atoms with van der Waals surface area (Å²) >= 11 is 0. The van der Waals surface area contributed by atoms with Crippen LogP contribution in [0.15, 0.2) is 24.3 Å². The largest absolute Gasteiger partial charge is 0.355 e. The maximum atomic E-state index is 11.1. The lowest BCUT2D eigenvalue weighted by Crippen LogP contribution is -2.33. The zero-order valence-electron chi connectivity index (χ0n) is 9.60. The molecule has 0 bridgehead atoms. The number of amides is 1. The molecule has 0 spiro atoms. The van der Waals surface area contributed by atoms with E-state index in [1.54, 1.807) is 25.2 Å². The zero-order valence-corrected chi connectivity index (χ0v) is 9.60. The van der Waals surface area contributed by atoms with Gasteiger partial charge in [0.15, 0.2) is 0 Å². The van der Waals surface area contributed by atoms with Crippen LogP contribution < -0.4 is 10.6 Å². The monoisotopic (exact) mass is 237 g/mol. The molecule has 92 valence electrons. The van der Waals surface area contributed by atoms with E-state index in [4.69, 9.17) is 0 Å². The van der Waals surface area contributed by atoms with Crippen LogP contribution in [0.3, 0.4) is 0 Å². The molecule has 0 saturated carbocycles. The minimum Gasteiger partial charge on any atom is -0.355 e. The van der Waals surface area contributed by atoms with Gasteiger partial charge in [0.25, 0.3) is 5.69 Å². The number of hydrogen-bond donors (Lipinski definition) is 2. The molecule has 0 atom stereocenters. The van der Waals surface area contributed by atoms with E-state index in [1.165, 1.54) is 6.07 Å². The van der Waals surface area contributed by atoms with E-state index in [9.17, 15) is 14.9 Å². The van der Waals surface area contributed by atoms with Gasteiger partial charge in [-0.15, -0.1) is 0 Å². The molecule has 0 heterocycles. The summed E-state index contributed by atoms with van der Waals surface area (Å²) in [5.41, 5.74) is 0.720. The van der Waals surface area contributed by atoms with Crippen LogP contribution in [-0.4, -0.2) is 31.0 Å². The van der Waals surface area contributed by atoms with Crippen molar-refractivity contribution in [1.82, 2.24) is 10.6 Å². The topological polar surface area (TPSA) is 84.3 Å². The zero-order chi connectivity index (χ0) is 12.7. The van der Waals surface area contributed by atoms with Gasteiger partial charge in [-0.25, -0.2) is 0 Å². The highest BCUT2D eigenvalue weighted by atomic mass is 16.6. The molecule has 0 aliphatic rings. The van der Waals surface area contributed by atoms with Gasteiger partial charge >= 0.3 is 0 Å².